The first-order valence-corrected chi connectivity index (χ1v) is 6.13. The number of rotatable bonds is 2. The van der Waals surface area contributed by atoms with Crippen LogP contribution in [0.1, 0.15) is 6.92 Å². The quantitative estimate of drug-likeness (QED) is 0.768. The number of anilines is 1. The average Bonchev–Trinajstić information content (AvgIpc) is 2.87. The fourth-order valence-electron chi connectivity index (χ4n) is 2.34. The highest BCUT2D eigenvalue weighted by Gasteiger charge is 2.19. The Hall–Kier alpha value is -1.62. The van der Waals surface area contributed by atoms with Crippen molar-refractivity contribution in [3.8, 4) is 0 Å². The first kappa shape index (κ1) is 10.5. The van der Waals surface area contributed by atoms with Gasteiger partial charge in [-0.3, -0.25) is 0 Å². The number of fused-ring (bicyclic) bond motifs is 1. The maximum Gasteiger partial charge on any atom is 0.180 e. The van der Waals surface area contributed by atoms with Crippen LogP contribution in [0.15, 0.2) is 24.8 Å². The van der Waals surface area contributed by atoms with E-state index in [1.165, 1.54) is 0 Å². The zero-order valence-electron chi connectivity index (χ0n) is 10.1. The Kier molecular flexibility index (Phi) is 2.68. The zero-order valence-corrected chi connectivity index (χ0v) is 10.1. The molecule has 0 bridgehead atoms. The van der Waals surface area contributed by atoms with Crippen molar-refractivity contribution < 1.29 is 0 Å². The second-order valence-electron chi connectivity index (χ2n) is 4.33. The van der Waals surface area contributed by atoms with Gasteiger partial charge in [0.25, 0.3) is 0 Å². The molecule has 1 fully saturated rings. The first-order valence-electron chi connectivity index (χ1n) is 6.13. The fraction of sp³-hybridized carbons (Fsp3) is 0.500. The lowest BCUT2D eigenvalue weighted by atomic mass is 10.3. The van der Waals surface area contributed by atoms with Crippen molar-refractivity contribution >= 4 is 11.5 Å². The van der Waals surface area contributed by atoms with E-state index in [2.05, 4.69) is 26.7 Å². The molecule has 0 aromatic carbocycles. The van der Waals surface area contributed by atoms with Gasteiger partial charge in [0.2, 0.25) is 0 Å². The third-order valence-corrected chi connectivity index (χ3v) is 3.41. The van der Waals surface area contributed by atoms with Crippen molar-refractivity contribution in [2.24, 2.45) is 0 Å². The summed E-state index contributed by atoms with van der Waals surface area (Å²) < 4.78 is 2.02. The second-order valence-corrected chi connectivity index (χ2v) is 4.33. The van der Waals surface area contributed by atoms with Gasteiger partial charge in [-0.1, -0.05) is 6.92 Å². The van der Waals surface area contributed by atoms with Gasteiger partial charge in [-0.25, -0.2) is 9.97 Å². The summed E-state index contributed by atoms with van der Waals surface area (Å²) in [5.74, 6) is 1.01. The summed E-state index contributed by atoms with van der Waals surface area (Å²) in [4.78, 5) is 13.6. The van der Waals surface area contributed by atoms with Gasteiger partial charge in [-0.05, 0) is 6.54 Å². The molecule has 0 atom stereocenters. The Labute approximate surface area is 101 Å². The van der Waals surface area contributed by atoms with Gasteiger partial charge >= 0.3 is 0 Å². The summed E-state index contributed by atoms with van der Waals surface area (Å²) in [6.07, 6.45) is 7.57. The number of piperazine rings is 1. The molecule has 0 saturated carbocycles. The average molecular weight is 231 g/mol. The topological polar surface area (TPSA) is 36.7 Å². The van der Waals surface area contributed by atoms with Crippen LogP contribution >= 0.6 is 0 Å². The molecular weight excluding hydrogens is 214 g/mol. The standard InChI is InChI=1S/C12H17N5/c1-2-15-7-9-17(10-8-15)12-11-13-3-5-16(11)6-4-14-12/h3-6H,2,7-10H2,1H3. The van der Waals surface area contributed by atoms with Crippen molar-refractivity contribution in [3.63, 3.8) is 0 Å². The van der Waals surface area contributed by atoms with Crippen molar-refractivity contribution in [3.05, 3.63) is 24.8 Å². The summed E-state index contributed by atoms with van der Waals surface area (Å²) in [7, 11) is 0. The molecule has 0 spiro atoms. The molecule has 0 radical (unpaired) electrons. The third-order valence-electron chi connectivity index (χ3n) is 3.41. The number of imidazole rings is 1. The van der Waals surface area contributed by atoms with Gasteiger partial charge < -0.3 is 14.2 Å². The molecule has 17 heavy (non-hydrogen) atoms. The second kappa shape index (κ2) is 4.33. The van der Waals surface area contributed by atoms with Crippen LogP contribution in [0, 0.1) is 0 Å². The van der Waals surface area contributed by atoms with E-state index in [1.807, 2.05) is 29.2 Å². The minimum Gasteiger partial charge on any atom is -0.351 e. The van der Waals surface area contributed by atoms with Crippen LogP contribution in [0.2, 0.25) is 0 Å². The fourth-order valence-corrected chi connectivity index (χ4v) is 2.34. The van der Waals surface area contributed by atoms with Crippen molar-refractivity contribution in [1.29, 1.82) is 0 Å². The highest BCUT2D eigenvalue weighted by molar-refractivity contribution is 5.64. The molecule has 1 aliphatic rings. The van der Waals surface area contributed by atoms with E-state index in [4.69, 9.17) is 0 Å². The van der Waals surface area contributed by atoms with E-state index < -0.39 is 0 Å². The number of hydrogen-bond acceptors (Lipinski definition) is 4. The van der Waals surface area contributed by atoms with Crippen LogP contribution in [0.25, 0.3) is 5.65 Å². The highest BCUT2D eigenvalue weighted by Crippen LogP contribution is 2.18. The smallest absolute Gasteiger partial charge is 0.180 e. The molecule has 3 rings (SSSR count). The molecule has 1 aliphatic heterocycles. The highest BCUT2D eigenvalue weighted by atomic mass is 15.3. The largest absolute Gasteiger partial charge is 0.351 e. The van der Waals surface area contributed by atoms with Crippen LogP contribution in [0.3, 0.4) is 0 Å². The minimum atomic E-state index is 0.956. The molecule has 5 heteroatoms. The molecule has 0 amide bonds. The van der Waals surface area contributed by atoms with Crippen molar-refractivity contribution in [1.82, 2.24) is 19.3 Å². The van der Waals surface area contributed by atoms with E-state index in [0.717, 1.165) is 44.2 Å². The molecule has 1 saturated heterocycles. The zero-order chi connectivity index (χ0) is 11.7. The van der Waals surface area contributed by atoms with Crippen LogP contribution in [-0.4, -0.2) is 52.0 Å². The van der Waals surface area contributed by atoms with E-state index in [0.29, 0.717) is 0 Å². The Morgan fingerprint density at radius 3 is 2.47 bits per heavy atom. The SMILES string of the molecule is CCN1CCN(c2nccn3ccnc23)CC1. The van der Waals surface area contributed by atoms with Gasteiger partial charge in [0.15, 0.2) is 11.5 Å². The lowest BCUT2D eigenvalue weighted by Gasteiger charge is -2.34. The summed E-state index contributed by atoms with van der Waals surface area (Å²) in [6, 6.07) is 0. The van der Waals surface area contributed by atoms with Gasteiger partial charge in [-0.15, -0.1) is 0 Å². The van der Waals surface area contributed by atoms with Crippen molar-refractivity contribution in [2.75, 3.05) is 37.6 Å². The van der Waals surface area contributed by atoms with E-state index in [9.17, 15) is 0 Å². The van der Waals surface area contributed by atoms with E-state index in [1.54, 1.807) is 0 Å². The molecule has 2 aromatic rings. The predicted octanol–water partition coefficient (Wildman–Crippen LogP) is 0.871. The third kappa shape index (κ3) is 1.86. The molecule has 0 aliphatic carbocycles. The normalized spacial score (nSPS) is 17.8. The summed E-state index contributed by atoms with van der Waals surface area (Å²) in [5, 5.41) is 0. The monoisotopic (exact) mass is 231 g/mol. The van der Waals surface area contributed by atoms with Crippen LogP contribution in [0.4, 0.5) is 5.82 Å². The van der Waals surface area contributed by atoms with E-state index in [-0.39, 0.29) is 0 Å². The van der Waals surface area contributed by atoms with Gasteiger partial charge in [0, 0.05) is 51.0 Å². The number of nitrogens with zero attached hydrogens (tertiary/aromatic N) is 5. The molecule has 5 nitrogen and oxygen atoms in total. The molecule has 90 valence electrons. The molecule has 0 unspecified atom stereocenters. The maximum atomic E-state index is 4.48. The van der Waals surface area contributed by atoms with E-state index >= 15 is 0 Å². The Morgan fingerprint density at radius 2 is 1.76 bits per heavy atom. The van der Waals surface area contributed by atoms with Crippen LogP contribution in [-0.2, 0) is 0 Å². The number of aromatic nitrogens is 3. The Balaban J connectivity index is 1.87. The number of hydrogen-bond donors (Lipinski definition) is 0. The lowest BCUT2D eigenvalue weighted by molar-refractivity contribution is 0.270. The Bertz CT molecular complexity index is 498. The minimum absolute atomic E-state index is 0.956. The van der Waals surface area contributed by atoms with Crippen LogP contribution < -0.4 is 4.90 Å². The maximum absolute atomic E-state index is 4.48. The lowest BCUT2D eigenvalue weighted by Crippen LogP contribution is -2.46. The summed E-state index contributed by atoms with van der Waals surface area (Å²) in [6.45, 7) is 7.64. The van der Waals surface area contributed by atoms with Crippen LogP contribution in [0.5, 0.6) is 0 Å². The van der Waals surface area contributed by atoms with Gasteiger partial charge in [0.1, 0.15) is 0 Å². The predicted molar refractivity (Wildman–Crippen MR) is 67.3 cm³/mol. The molecule has 0 N–H and O–H groups in total. The van der Waals surface area contributed by atoms with Gasteiger partial charge in [-0.2, -0.15) is 0 Å². The molecular formula is C12H17N5. The van der Waals surface area contributed by atoms with Gasteiger partial charge in [0.05, 0.1) is 0 Å². The summed E-state index contributed by atoms with van der Waals surface area (Å²) in [5.41, 5.74) is 0.956. The number of likely N-dealkylation sites (N-methyl/N-ethyl adjacent to an activating group) is 1. The molecule has 3 heterocycles. The summed E-state index contributed by atoms with van der Waals surface area (Å²) >= 11 is 0. The Morgan fingerprint density at radius 1 is 1.06 bits per heavy atom. The first-order chi connectivity index (χ1) is 8.38. The molecule has 2 aromatic heterocycles. The van der Waals surface area contributed by atoms with Crippen molar-refractivity contribution in [2.45, 2.75) is 6.92 Å².